The minimum absolute atomic E-state index is 0.0735. The Morgan fingerprint density at radius 2 is 1.43 bits per heavy atom. The van der Waals surface area contributed by atoms with Crippen LogP contribution in [0.2, 0.25) is 0 Å². The van der Waals surface area contributed by atoms with Crippen molar-refractivity contribution in [3.05, 3.63) is 87.2 Å². The Morgan fingerprint density at radius 1 is 0.838 bits per heavy atom. The molecule has 0 radical (unpaired) electrons. The number of alkyl halides is 3. The predicted molar refractivity (Wildman–Crippen MR) is 128 cm³/mol. The summed E-state index contributed by atoms with van der Waals surface area (Å²) in [6, 6.07) is 12.1. The lowest BCUT2D eigenvalue weighted by molar-refractivity contribution is -0.137. The molecule has 0 saturated carbocycles. The second-order valence-corrected chi connectivity index (χ2v) is 8.65. The van der Waals surface area contributed by atoms with Crippen LogP contribution in [0, 0.1) is 0 Å². The number of imide groups is 1. The van der Waals surface area contributed by atoms with Gasteiger partial charge in [-0.2, -0.15) is 13.2 Å². The van der Waals surface area contributed by atoms with Crippen molar-refractivity contribution in [1.29, 1.82) is 0 Å². The Kier molecular flexibility index (Phi) is 5.73. The van der Waals surface area contributed by atoms with Gasteiger partial charge in [-0.25, -0.2) is 0 Å². The zero-order valence-corrected chi connectivity index (χ0v) is 19.2. The van der Waals surface area contributed by atoms with Gasteiger partial charge < -0.3 is 15.5 Å². The Hall–Kier alpha value is -4.61. The monoisotopic (exact) mass is 511 g/mol. The normalized spacial score (nSPS) is 15.5. The highest BCUT2D eigenvalue weighted by atomic mass is 19.4. The number of benzene rings is 2. The number of piperazine rings is 1. The number of carbonyl (C=O) groups is 3. The van der Waals surface area contributed by atoms with Crippen molar-refractivity contribution < 1.29 is 27.6 Å². The van der Waals surface area contributed by atoms with Crippen LogP contribution in [-0.4, -0.2) is 53.4 Å². The van der Waals surface area contributed by atoms with Gasteiger partial charge in [0.1, 0.15) is 5.82 Å². The largest absolute Gasteiger partial charge is 0.416 e. The van der Waals surface area contributed by atoms with Crippen LogP contribution in [0.5, 0.6) is 0 Å². The van der Waals surface area contributed by atoms with E-state index in [1.165, 1.54) is 36.4 Å². The number of pyridine rings is 1. The molecule has 2 aliphatic rings. The van der Waals surface area contributed by atoms with Crippen LogP contribution >= 0.6 is 0 Å². The number of fused-ring (bicyclic) bond motifs is 1. The second-order valence-electron chi connectivity index (χ2n) is 8.65. The third kappa shape index (κ3) is 4.30. The van der Waals surface area contributed by atoms with Gasteiger partial charge in [-0.3, -0.25) is 29.1 Å². The van der Waals surface area contributed by atoms with Crippen LogP contribution in [0.1, 0.15) is 36.6 Å². The van der Waals surface area contributed by atoms with E-state index in [0.29, 0.717) is 43.1 Å². The number of nitrogens with two attached hydrogens (primary N) is 1. The molecule has 0 unspecified atom stereocenters. The van der Waals surface area contributed by atoms with Gasteiger partial charge in [0.15, 0.2) is 0 Å². The number of anilines is 2. The van der Waals surface area contributed by atoms with Crippen molar-refractivity contribution in [2.75, 3.05) is 36.8 Å². The van der Waals surface area contributed by atoms with Crippen molar-refractivity contribution in [1.82, 2.24) is 14.8 Å². The number of nitrogen functional groups attached to an aromatic ring is 1. The lowest BCUT2D eigenvalue weighted by atomic mass is 10.1. The zero-order chi connectivity index (χ0) is 26.5. The lowest BCUT2D eigenvalue weighted by Crippen LogP contribution is -2.48. The third-order valence-corrected chi connectivity index (χ3v) is 6.45. The van der Waals surface area contributed by atoms with Crippen LogP contribution < -0.4 is 21.5 Å². The quantitative estimate of drug-likeness (QED) is 0.521. The molecule has 0 spiro atoms. The molecule has 0 aliphatic carbocycles. The van der Waals surface area contributed by atoms with E-state index in [0.717, 1.165) is 22.8 Å². The van der Waals surface area contributed by atoms with E-state index in [-0.39, 0.29) is 22.9 Å². The molecule has 0 bridgehead atoms. The summed E-state index contributed by atoms with van der Waals surface area (Å²) in [5.41, 5.74) is 5.92. The standard InChI is InChI=1S/C25H20F3N5O4/c26-25(27,28)15-3-7-16(8-4-15)31-9-11-32(12-10-31)24(37)14-1-5-17(6-2-14)33-19(34)13-18-20(21(33)29)23(36)30-22(18)35/h1-8,13H,9-12,29H2,(H,30,35,36). The van der Waals surface area contributed by atoms with E-state index >= 15 is 0 Å². The molecule has 1 fully saturated rings. The Morgan fingerprint density at radius 3 is 2.03 bits per heavy atom. The first-order valence-corrected chi connectivity index (χ1v) is 11.3. The van der Waals surface area contributed by atoms with E-state index in [1.807, 2.05) is 4.90 Å². The number of rotatable bonds is 3. The van der Waals surface area contributed by atoms with Gasteiger partial charge in [0, 0.05) is 43.5 Å². The maximum atomic E-state index is 13.0. The van der Waals surface area contributed by atoms with Crippen molar-refractivity contribution in [2.24, 2.45) is 0 Å². The molecule has 3 aromatic rings. The molecule has 12 heteroatoms. The smallest absolute Gasteiger partial charge is 0.384 e. The maximum Gasteiger partial charge on any atom is 0.416 e. The summed E-state index contributed by atoms with van der Waals surface area (Å²) in [5, 5.41) is 2.10. The molecule has 5 rings (SSSR count). The Labute approximate surface area is 207 Å². The number of nitrogens with one attached hydrogen (secondary N) is 1. The maximum absolute atomic E-state index is 13.0. The number of amides is 3. The summed E-state index contributed by atoms with van der Waals surface area (Å²) in [4.78, 5) is 53.0. The SMILES string of the molecule is Nc1c2c(cc(=O)n1-c1ccc(C(=O)N3CCN(c4ccc(C(F)(F)F)cc4)CC3)cc1)C(=O)NC2=O. The van der Waals surface area contributed by atoms with E-state index in [4.69, 9.17) is 5.73 Å². The summed E-state index contributed by atoms with van der Waals surface area (Å²) in [7, 11) is 0. The number of hydrogen-bond donors (Lipinski definition) is 2. The molecular formula is C25H20F3N5O4. The second kappa shape index (κ2) is 8.80. The van der Waals surface area contributed by atoms with Crippen LogP contribution in [0.15, 0.2) is 59.4 Å². The average molecular weight is 511 g/mol. The van der Waals surface area contributed by atoms with Gasteiger partial charge >= 0.3 is 6.18 Å². The zero-order valence-electron chi connectivity index (χ0n) is 19.2. The van der Waals surface area contributed by atoms with Gasteiger partial charge in [-0.05, 0) is 48.5 Å². The Balaban J connectivity index is 1.28. The number of halogens is 3. The predicted octanol–water partition coefficient (Wildman–Crippen LogP) is 2.28. The van der Waals surface area contributed by atoms with Crippen LogP contribution in [0.3, 0.4) is 0 Å². The van der Waals surface area contributed by atoms with Gasteiger partial charge in [-0.15, -0.1) is 0 Å². The van der Waals surface area contributed by atoms with Crippen molar-refractivity contribution >= 4 is 29.2 Å². The summed E-state index contributed by atoms with van der Waals surface area (Å²) >= 11 is 0. The molecule has 3 amide bonds. The molecule has 1 aromatic heterocycles. The summed E-state index contributed by atoms with van der Waals surface area (Å²) in [6.45, 7) is 1.66. The highest BCUT2D eigenvalue weighted by Crippen LogP contribution is 2.31. The van der Waals surface area contributed by atoms with E-state index in [2.05, 4.69) is 5.32 Å². The molecular weight excluding hydrogens is 491 g/mol. The first kappa shape index (κ1) is 24.1. The number of aromatic nitrogens is 1. The average Bonchev–Trinajstić information content (AvgIpc) is 3.16. The van der Waals surface area contributed by atoms with Gasteiger partial charge in [-0.1, -0.05) is 0 Å². The van der Waals surface area contributed by atoms with Gasteiger partial charge in [0.05, 0.1) is 22.4 Å². The first-order valence-electron chi connectivity index (χ1n) is 11.3. The fourth-order valence-electron chi connectivity index (χ4n) is 4.51. The Bertz CT molecular complexity index is 1470. The molecule has 190 valence electrons. The highest BCUT2D eigenvalue weighted by Gasteiger charge is 2.32. The molecule has 3 N–H and O–H groups in total. The van der Waals surface area contributed by atoms with Crippen LogP contribution in [0.4, 0.5) is 24.7 Å². The van der Waals surface area contributed by atoms with Crippen molar-refractivity contribution in [2.45, 2.75) is 6.18 Å². The molecule has 2 aliphatic heterocycles. The summed E-state index contributed by atoms with van der Waals surface area (Å²) < 4.78 is 39.5. The molecule has 1 saturated heterocycles. The molecule has 9 nitrogen and oxygen atoms in total. The van der Waals surface area contributed by atoms with Gasteiger partial charge in [0.2, 0.25) is 0 Å². The minimum Gasteiger partial charge on any atom is -0.384 e. The molecule has 2 aromatic carbocycles. The number of nitrogens with zero attached hydrogens (tertiary/aromatic N) is 3. The van der Waals surface area contributed by atoms with E-state index < -0.39 is 29.1 Å². The summed E-state index contributed by atoms with van der Waals surface area (Å²) in [6.07, 6.45) is -4.40. The number of hydrogen-bond acceptors (Lipinski definition) is 6. The fourth-order valence-corrected chi connectivity index (χ4v) is 4.51. The third-order valence-electron chi connectivity index (χ3n) is 6.45. The first-order chi connectivity index (χ1) is 17.5. The number of carbonyl (C=O) groups excluding carboxylic acids is 3. The lowest BCUT2D eigenvalue weighted by Gasteiger charge is -2.36. The topological polar surface area (TPSA) is 118 Å². The molecule has 37 heavy (non-hydrogen) atoms. The van der Waals surface area contributed by atoms with Gasteiger partial charge in [0.25, 0.3) is 23.3 Å². The molecule has 0 atom stereocenters. The fraction of sp³-hybridized carbons (Fsp3) is 0.200. The molecule has 3 heterocycles. The van der Waals surface area contributed by atoms with E-state index in [1.54, 1.807) is 4.90 Å². The van der Waals surface area contributed by atoms with Crippen molar-refractivity contribution in [3.8, 4) is 5.69 Å². The summed E-state index contributed by atoms with van der Waals surface area (Å²) in [5.74, 6) is -1.79. The van der Waals surface area contributed by atoms with Crippen LogP contribution in [0.25, 0.3) is 5.69 Å². The highest BCUT2D eigenvalue weighted by molar-refractivity contribution is 6.23. The minimum atomic E-state index is -4.40. The van der Waals surface area contributed by atoms with E-state index in [9.17, 15) is 32.3 Å². The van der Waals surface area contributed by atoms with Crippen molar-refractivity contribution in [3.63, 3.8) is 0 Å². The van der Waals surface area contributed by atoms with Crippen LogP contribution in [-0.2, 0) is 6.18 Å².